The van der Waals surface area contributed by atoms with Crippen molar-refractivity contribution in [3.05, 3.63) is 101 Å². The highest BCUT2D eigenvalue weighted by atomic mass is 32.1. The van der Waals surface area contributed by atoms with E-state index in [4.69, 9.17) is 11.5 Å². The maximum atomic E-state index is 13.3. The number of benzene rings is 3. The highest BCUT2D eigenvalue weighted by Crippen LogP contribution is 2.30. The summed E-state index contributed by atoms with van der Waals surface area (Å²) in [5, 5.41) is 4.83. The summed E-state index contributed by atoms with van der Waals surface area (Å²) in [5.41, 5.74) is 15.1. The molecule has 0 aliphatic rings. The summed E-state index contributed by atoms with van der Waals surface area (Å²) >= 11 is 1.59. The summed E-state index contributed by atoms with van der Waals surface area (Å²) in [6.45, 7) is 2.20. The number of thiophene rings is 1. The molecule has 1 heterocycles. The van der Waals surface area contributed by atoms with Gasteiger partial charge in [-0.2, -0.15) is 0 Å². The number of nitrogens with zero attached hydrogens (tertiary/aromatic N) is 1. The molecule has 0 bridgehead atoms. The number of carbonyl (C=O) groups is 3. The van der Waals surface area contributed by atoms with Gasteiger partial charge in [0.1, 0.15) is 5.92 Å². The smallest absolute Gasteiger partial charge is 0.255 e. The van der Waals surface area contributed by atoms with E-state index in [1.165, 1.54) is 4.90 Å². The molecular weight excluding hydrogens is 472 g/mol. The van der Waals surface area contributed by atoms with Crippen molar-refractivity contribution in [1.29, 1.82) is 0 Å². The average molecular weight is 499 g/mol. The Morgan fingerprint density at radius 1 is 0.944 bits per heavy atom. The Kier molecular flexibility index (Phi) is 7.46. The van der Waals surface area contributed by atoms with E-state index in [1.54, 1.807) is 53.8 Å². The van der Waals surface area contributed by atoms with Gasteiger partial charge in [0, 0.05) is 22.7 Å². The van der Waals surface area contributed by atoms with Crippen LogP contribution in [0.3, 0.4) is 0 Å². The van der Waals surface area contributed by atoms with Gasteiger partial charge in [-0.3, -0.25) is 14.4 Å². The third-order valence-corrected chi connectivity index (χ3v) is 6.71. The van der Waals surface area contributed by atoms with Crippen molar-refractivity contribution in [3.63, 3.8) is 0 Å². The first-order chi connectivity index (χ1) is 17.4. The molecule has 0 saturated heterocycles. The van der Waals surface area contributed by atoms with Gasteiger partial charge in [0.2, 0.25) is 11.8 Å². The maximum Gasteiger partial charge on any atom is 0.255 e. The number of hydrogen-bond donors (Lipinski definition) is 3. The van der Waals surface area contributed by atoms with Gasteiger partial charge in [-0.1, -0.05) is 42.5 Å². The minimum atomic E-state index is -1.18. The summed E-state index contributed by atoms with van der Waals surface area (Å²) in [5.74, 6) is -2.73. The zero-order valence-electron chi connectivity index (χ0n) is 19.7. The standard InChI is InChI=1S/C28H26N4O3S/c1-2-32(21-7-4-3-5-8-21)28(35)25(26(30)33)18-10-12-19(13-11-18)27(34)31-23-17-20(14-15-22(23)29)24-9-6-16-36-24/h3-17,25H,2,29H2,1H3,(H2,30,33)(H,31,34). The van der Waals surface area contributed by atoms with Gasteiger partial charge in [0.05, 0.1) is 11.4 Å². The molecule has 3 aromatic carbocycles. The second-order valence-corrected chi connectivity index (χ2v) is 9.06. The molecule has 5 N–H and O–H groups in total. The Morgan fingerprint density at radius 3 is 2.28 bits per heavy atom. The molecule has 4 rings (SSSR count). The molecule has 0 spiro atoms. The second-order valence-electron chi connectivity index (χ2n) is 8.11. The van der Waals surface area contributed by atoms with E-state index >= 15 is 0 Å². The zero-order chi connectivity index (χ0) is 25.7. The lowest BCUT2D eigenvalue weighted by molar-refractivity contribution is -0.128. The van der Waals surface area contributed by atoms with Crippen molar-refractivity contribution in [2.24, 2.45) is 5.73 Å². The van der Waals surface area contributed by atoms with E-state index in [1.807, 2.05) is 54.8 Å². The Balaban J connectivity index is 1.54. The Morgan fingerprint density at radius 2 is 1.67 bits per heavy atom. The zero-order valence-corrected chi connectivity index (χ0v) is 20.5. The van der Waals surface area contributed by atoms with Crippen molar-refractivity contribution < 1.29 is 14.4 Å². The fourth-order valence-corrected chi connectivity index (χ4v) is 4.66. The first-order valence-corrected chi connectivity index (χ1v) is 12.3. The first-order valence-electron chi connectivity index (χ1n) is 11.4. The molecule has 0 fully saturated rings. The van der Waals surface area contributed by atoms with Gasteiger partial charge < -0.3 is 21.7 Å². The number of anilines is 3. The molecule has 0 aliphatic heterocycles. The predicted molar refractivity (Wildman–Crippen MR) is 145 cm³/mol. The molecule has 1 atom stereocenters. The Labute approximate surface area is 213 Å². The van der Waals surface area contributed by atoms with E-state index in [-0.39, 0.29) is 5.91 Å². The monoisotopic (exact) mass is 498 g/mol. The SMILES string of the molecule is CCN(C(=O)C(C(N)=O)c1ccc(C(=O)Nc2cc(-c3cccs3)ccc2N)cc1)c1ccccc1. The number of nitrogen functional groups attached to an aromatic ring is 1. The van der Waals surface area contributed by atoms with E-state index in [9.17, 15) is 14.4 Å². The lowest BCUT2D eigenvalue weighted by Gasteiger charge is -2.25. The molecule has 1 aromatic heterocycles. The summed E-state index contributed by atoms with van der Waals surface area (Å²) in [4.78, 5) is 41.1. The molecule has 3 amide bonds. The number of carbonyl (C=O) groups excluding carboxylic acids is 3. The van der Waals surface area contributed by atoms with Gasteiger partial charge in [-0.25, -0.2) is 0 Å². The van der Waals surface area contributed by atoms with Crippen LogP contribution in [-0.4, -0.2) is 24.3 Å². The van der Waals surface area contributed by atoms with Crippen molar-refractivity contribution >= 4 is 46.1 Å². The van der Waals surface area contributed by atoms with Crippen LogP contribution in [0.5, 0.6) is 0 Å². The van der Waals surface area contributed by atoms with Crippen LogP contribution in [0.1, 0.15) is 28.8 Å². The third kappa shape index (κ3) is 5.29. The lowest BCUT2D eigenvalue weighted by Crippen LogP contribution is -2.40. The number of nitrogens with two attached hydrogens (primary N) is 2. The van der Waals surface area contributed by atoms with Crippen molar-refractivity contribution in [2.45, 2.75) is 12.8 Å². The summed E-state index contributed by atoms with van der Waals surface area (Å²) in [6.07, 6.45) is 0. The predicted octanol–water partition coefficient (Wildman–Crippen LogP) is 4.87. The van der Waals surface area contributed by atoms with E-state index in [2.05, 4.69) is 5.32 Å². The molecule has 4 aromatic rings. The molecule has 0 aliphatic carbocycles. The topological polar surface area (TPSA) is 119 Å². The molecular formula is C28H26N4O3S. The van der Waals surface area contributed by atoms with Crippen LogP contribution in [0.25, 0.3) is 10.4 Å². The summed E-state index contributed by atoms with van der Waals surface area (Å²) < 4.78 is 0. The first kappa shape index (κ1) is 24.7. The highest BCUT2D eigenvalue weighted by Gasteiger charge is 2.31. The molecule has 1 unspecified atom stereocenters. The van der Waals surface area contributed by atoms with Crippen LogP contribution >= 0.6 is 11.3 Å². The number of nitrogens with one attached hydrogen (secondary N) is 1. The van der Waals surface area contributed by atoms with Crippen molar-refractivity contribution in [1.82, 2.24) is 0 Å². The molecule has 0 radical (unpaired) electrons. The van der Waals surface area contributed by atoms with Crippen LogP contribution in [0, 0.1) is 0 Å². The molecule has 8 heteroatoms. The largest absolute Gasteiger partial charge is 0.397 e. The van der Waals surface area contributed by atoms with E-state index < -0.39 is 17.7 Å². The fourth-order valence-electron chi connectivity index (χ4n) is 3.94. The Hall–Kier alpha value is -4.43. The van der Waals surface area contributed by atoms with Gasteiger partial charge in [0.15, 0.2) is 0 Å². The Bertz CT molecular complexity index is 1370. The summed E-state index contributed by atoms with van der Waals surface area (Å²) in [7, 11) is 0. The van der Waals surface area contributed by atoms with Crippen LogP contribution in [0.2, 0.25) is 0 Å². The summed E-state index contributed by atoms with van der Waals surface area (Å²) in [6, 6.07) is 24.8. The minimum Gasteiger partial charge on any atom is -0.397 e. The molecule has 0 saturated carbocycles. The van der Waals surface area contributed by atoms with Crippen LogP contribution in [-0.2, 0) is 9.59 Å². The number of likely N-dealkylation sites (N-methyl/N-ethyl adjacent to an activating group) is 1. The average Bonchev–Trinajstić information content (AvgIpc) is 3.42. The van der Waals surface area contributed by atoms with Crippen LogP contribution in [0.15, 0.2) is 90.3 Å². The van der Waals surface area contributed by atoms with E-state index in [0.717, 1.165) is 10.4 Å². The highest BCUT2D eigenvalue weighted by molar-refractivity contribution is 7.13. The van der Waals surface area contributed by atoms with Gasteiger partial charge in [-0.05, 0) is 65.9 Å². The van der Waals surface area contributed by atoms with Gasteiger partial charge in [0.25, 0.3) is 5.91 Å². The number of amides is 3. The lowest BCUT2D eigenvalue weighted by atomic mass is 9.95. The van der Waals surface area contributed by atoms with Gasteiger partial charge in [-0.15, -0.1) is 11.3 Å². The number of para-hydroxylation sites is 1. The number of rotatable bonds is 8. The molecule has 182 valence electrons. The van der Waals surface area contributed by atoms with Crippen molar-refractivity contribution in [2.75, 3.05) is 22.5 Å². The molecule has 7 nitrogen and oxygen atoms in total. The molecule has 36 heavy (non-hydrogen) atoms. The minimum absolute atomic E-state index is 0.353. The number of hydrogen-bond acceptors (Lipinski definition) is 5. The normalized spacial score (nSPS) is 11.5. The quantitative estimate of drug-likeness (QED) is 0.237. The van der Waals surface area contributed by atoms with Gasteiger partial charge >= 0.3 is 0 Å². The fraction of sp³-hybridized carbons (Fsp3) is 0.107. The third-order valence-electron chi connectivity index (χ3n) is 5.79. The number of primary amides is 1. The van der Waals surface area contributed by atoms with E-state index in [0.29, 0.717) is 34.7 Å². The second kappa shape index (κ2) is 10.9. The maximum absolute atomic E-state index is 13.3. The van der Waals surface area contributed by atoms with Crippen LogP contribution < -0.4 is 21.7 Å². The van der Waals surface area contributed by atoms with Crippen LogP contribution in [0.4, 0.5) is 17.1 Å². The van der Waals surface area contributed by atoms with Crippen molar-refractivity contribution in [3.8, 4) is 10.4 Å².